The molecule has 3 aromatic rings. The van der Waals surface area contributed by atoms with Crippen molar-refractivity contribution in [3.05, 3.63) is 82.5 Å². The van der Waals surface area contributed by atoms with Crippen LogP contribution in [0.3, 0.4) is 0 Å². The molecular weight excluding hydrogens is 447 g/mol. The first kappa shape index (κ1) is 22.8. The van der Waals surface area contributed by atoms with Crippen LogP contribution in [0.2, 0.25) is 0 Å². The second kappa shape index (κ2) is 9.63. The normalized spacial score (nSPS) is 15.1. The Bertz CT molecular complexity index is 1300. The molecule has 1 aliphatic heterocycles. The molecule has 33 heavy (non-hydrogen) atoms. The summed E-state index contributed by atoms with van der Waals surface area (Å²) in [6, 6.07) is 12.5. The molecular formula is C23H23FN4O4S. The number of nitrogens with one attached hydrogen (secondary N) is 1. The Kier molecular flexibility index (Phi) is 6.66. The van der Waals surface area contributed by atoms with Crippen LogP contribution in [0.4, 0.5) is 10.1 Å². The van der Waals surface area contributed by atoms with Crippen molar-refractivity contribution in [2.75, 3.05) is 18.4 Å². The van der Waals surface area contributed by atoms with Gasteiger partial charge in [0.2, 0.25) is 15.5 Å². The zero-order valence-electron chi connectivity index (χ0n) is 17.8. The lowest BCUT2D eigenvalue weighted by Crippen LogP contribution is -2.31. The fraction of sp³-hybridized carbons (Fsp3) is 0.261. The third-order valence-corrected chi connectivity index (χ3v) is 7.34. The van der Waals surface area contributed by atoms with Crippen LogP contribution in [0.25, 0.3) is 5.69 Å². The van der Waals surface area contributed by atoms with Crippen molar-refractivity contribution in [2.24, 2.45) is 0 Å². The van der Waals surface area contributed by atoms with Crippen molar-refractivity contribution in [3.63, 3.8) is 0 Å². The minimum absolute atomic E-state index is 0.152. The lowest BCUT2D eigenvalue weighted by Gasteiger charge is -2.20. The van der Waals surface area contributed by atoms with Crippen molar-refractivity contribution in [1.29, 1.82) is 0 Å². The maximum absolute atomic E-state index is 13.2. The number of nitrogens with zero attached hydrogens (tertiary/aromatic N) is 3. The number of rotatable bonds is 5. The van der Waals surface area contributed by atoms with Crippen LogP contribution in [0.15, 0.2) is 70.5 Å². The highest BCUT2D eigenvalue weighted by Gasteiger charge is 2.25. The van der Waals surface area contributed by atoms with Gasteiger partial charge in [-0.15, -0.1) is 0 Å². The van der Waals surface area contributed by atoms with Gasteiger partial charge in [-0.3, -0.25) is 9.59 Å². The molecule has 0 atom stereocenters. The van der Waals surface area contributed by atoms with E-state index in [1.807, 2.05) is 0 Å². The second-order valence-corrected chi connectivity index (χ2v) is 9.68. The Morgan fingerprint density at radius 3 is 2.18 bits per heavy atom. The fourth-order valence-electron chi connectivity index (χ4n) is 3.63. The Labute approximate surface area is 190 Å². The van der Waals surface area contributed by atoms with E-state index in [1.54, 1.807) is 0 Å². The summed E-state index contributed by atoms with van der Waals surface area (Å²) in [4.78, 5) is 25.0. The molecule has 0 radical (unpaired) electrons. The number of aromatic nitrogens is 2. The molecule has 4 rings (SSSR count). The van der Waals surface area contributed by atoms with Gasteiger partial charge in [-0.05, 0) is 61.4 Å². The number of benzene rings is 2. The lowest BCUT2D eigenvalue weighted by atomic mass is 10.2. The van der Waals surface area contributed by atoms with E-state index in [2.05, 4.69) is 10.4 Å². The van der Waals surface area contributed by atoms with E-state index in [9.17, 15) is 22.4 Å². The molecule has 8 nitrogen and oxygen atoms in total. The topological polar surface area (TPSA) is 101 Å². The molecule has 0 bridgehead atoms. The molecule has 172 valence electrons. The van der Waals surface area contributed by atoms with E-state index in [4.69, 9.17) is 0 Å². The van der Waals surface area contributed by atoms with E-state index < -0.39 is 27.2 Å². The van der Waals surface area contributed by atoms with Gasteiger partial charge < -0.3 is 5.32 Å². The van der Waals surface area contributed by atoms with Crippen molar-refractivity contribution >= 4 is 21.6 Å². The number of carbonyl (C=O) groups excluding carboxylic acids is 1. The molecule has 0 aliphatic carbocycles. The minimum atomic E-state index is -3.60. The van der Waals surface area contributed by atoms with E-state index in [-0.39, 0.29) is 10.6 Å². The summed E-state index contributed by atoms with van der Waals surface area (Å²) < 4.78 is 41.7. The monoisotopic (exact) mass is 470 g/mol. The molecule has 1 aliphatic rings. The van der Waals surface area contributed by atoms with Gasteiger partial charge in [-0.1, -0.05) is 12.8 Å². The van der Waals surface area contributed by atoms with Crippen LogP contribution < -0.4 is 10.7 Å². The first-order valence-corrected chi connectivity index (χ1v) is 12.1. The fourth-order valence-corrected chi connectivity index (χ4v) is 5.15. The summed E-state index contributed by atoms with van der Waals surface area (Å²) >= 11 is 0. The van der Waals surface area contributed by atoms with E-state index in [1.165, 1.54) is 69.8 Å². The molecule has 2 aromatic carbocycles. The van der Waals surface area contributed by atoms with Gasteiger partial charge in [0, 0.05) is 31.0 Å². The highest BCUT2D eigenvalue weighted by molar-refractivity contribution is 7.89. The molecule has 10 heteroatoms. The van der Waals surface area contributed by atoms with E-state index >= 15 is 0 Å². The number of anilines is 1. The Morgan fingerprint density at radius 1 is 0.909 bits per heavy atom. The van der Waals surface area contributed by atoms with Crippen LogP contribution in [0.1, 0.15) is 36.2 Å². The third-order valence-electron chi connectivity index (χ3n) is 5.43. The Hall–Kier alpha value is -3.37. The molecule has 1 fully saturated rings. The predicted octanol–water partition coefficient (Wildman–Crippen LogP) is 3.19. The summed E-state index contributed by atoms with van der Waals surface area (Å²) in [6.45, 7) is 1.00. The van der Waals surface area contributed by atoms with Crippen LogP contribution in [0, 0.1) is 5.82 Å². The largest absolute Gasteiger partial charge is 0.320 e. The van der Waals surface area contributed by atoms with Crippen LogP contribution in [-0.4, -0.2) is 41.5 Å². The van der Waals surface area contributed by atoms with Crippen LogP contribution >= 0.6 is 0 Å². The van der Waals surface area contributed by atoms with Gasteiger partial charge in [0.1, 0.15) is 5.82 Å². The zero-order valence-corrected chi connectivity index (χ0v) is 18.6. The van der Waals surface area contributed by atoms with Crippen molar-refractivity contribution in [1.82, 2.24) is 14.1 Å². The van der Waals surface area contributed by atoms with E-state index in [0.717, 1.165) is 25.7 Å². The first-order valence-electron chi connectivity index (χ1n) is 10.6. The smallest absolute Gasteiger partial charge is 0.280 e. The molecule has 0 spiro atoms. The molecule has 1 saturated heterocycles. The number of sulfonamides is 1. The van der Waals surface area contributed by atoms with Gasteiger partial charge in [0.05, 0.1) is 10.6 Å². The highest BCUT2D eigenvalue weighted by Crippen LogP contribution is 2.22. The number of hydrogen-bond donors (Lipinski definition) is 1. The number of hydrogen-bond acceptors (Lipinski definition) is 5. The van der Waals surface area contributed by atoms with E-state index in [0.29, 0.717) is 24.5 Å². The van der Waals surface area contributed by atoms with Crippen molar-refractivity contribution < 1.29 is 17.6 Å². The Balaban J connectivity index is 1.51. The number of amides is 1. The lowest BCUT2D eigenvalue weighted by molar-refractivity contribution is 0.101. The number of halogens is 1. The van der Waals surface area contributed by atoms with Gasteiger partial charge >= 0.3 is 0 Å². The van der Waals surface area contributed by atoms with Crippen LogP contribution in [-0.2, 0) is 10.0 Å². The summed E-state index contributed by atoms with van der Waals surface area (Å²) in [5, 5.41) is 6.63. The number of carbonyl (C=O) groups is 1. The third kappa shape index (κ3) is 5.18. The standard InChI is InChI=1S/C23H23FN4O4S/c24-17-5-9-19(10-6-17)28-16-13-21(29)22(26-28)23(30)25-18-7-11-20(12-8-18)33(31,32)27-14-3-1-2-4-15-27/h5-13,16H,1-4,14-15H2,(H,25,30). The van der Waals surface area contributed by atoms with Crippen LogP contribution in [0.5, 0.6) is 0 Å². The molecule has 1 aromatic heterocycles. The average Bonchev–Trinajstić information content (AvgIpc) is 3.11. The van der Waals surface area contributed by atoms with Gasteiger partial charge in [-0.25, -0.2) is 17.5 Å². The summed E-state index contributed by atoms with van der Waals surface area (Å²) in [5.74, 6) is -1.15. The summed E-state index contributed by atoms with van der Waals surface area (Å²) in [7, 11) is -3.60. The molecule has 1 N–H and O–H groups in total. The van der Waals surface area contributed by atoms with Gasteiger partial charge in [0.25, 0.3) is 5.91 Å². The first-order chi connectivity index (χ1) is 15.8. The summed E-state index contributed by atoms with van der Waals surface area (Å²) in [5.41, 5.74) is -0.115. The minimum Gasteiger partial charge on any atom is -0.320 e. The highest BCUT2D eigenvalue weighted by atomic mass is 32.2. The molecule has 0 unspecified atom stereocenters. The van der Waals surface area contributed by atoms with Crippen molar-refractivity contribution in [2.45, 2.75) is 30.6 Å². The quantitative estimate of drug-likeness (QED) is 0.617. The predicted molar refractivity (Wildman–Crippen MR) is 121 cm³/mol. The zero-order chi connectivity index (χ0) is 23.4. The van der Waals surface area contributed by atoms with Gasteiger partial charge in [-0.2, -0.15) is 9.40 Å². The van der Waals surface area contributed by atoms with Crippen molar-refractivity contribution in [3.8, 4) is 5.69 Å². The Morgan fingerprint density at radius 2 is 1.55 bits per heavy atom. The summed E-state index contributed by atoms with van der Waals surface area (Å²) in [6.07, 6.45) is 5.11. The molecule has 2 heterocycles. The maximum Gasteiger partial charge on any atom is 0.280 e. The van der Waals surface area contributed by atoms with Gasteiger partial charge in [0.15, 0.2) is 5.69 Å². The second-order valence-electron chi connectivity index (χ2n) is 7.75. The average molecular weight is 471 g/mol. The molecule has 0 saturated carbocycles. The maximum atomic E-state index is 13.2. The molecule has 1 amide bonds. The SMILES string of the molecule is O=C(Nc1ccc(S(=O)(=O)N2CCCCCC2)cc1)c1nn(-c2ccc(F)cc2)ccc1=O.